The number of amides is 2. The van der Waals surface area contributed by atoms with Gasteiger partial charge < -0.3 is 10.2 Å². The molecular formula is C20H23N7O2. The zero-order chi connectivity index (χ0) is 20.5. The molecule has 0 radical (unpaired) electrons. The summed E-state index contributed by atoms with van der Waals surface area (Å²) in [5, 5.41) is 11.5. The monoisotopic (exact) mass is 393 g/mol. The van der Waals surface area contributed by atoms with Crippen LogP contribution in [-0.4, -0.2) is 67.9 Å². The van der Waals surface area contributed by atoms with Crippen molar-refractivity contribution in [3.63, 3.8) is 0 Å². The summed E-state index contributed by atoms with van der Waals surface area (Å²) in [7, 11) is 2.01. The maximum absolute atomic E-state index is 12.7. The average Bonchev–Trinajstić information content (AvgIpc) is 3.11. The fraction of sp³-hybridized carbons (Fsp3) is 0.350. The van der Waals surface area contributed by atoms with Crippen molar-refractivity contribution in [2.45, 2.75) is 19.9 Å². The first-order valence-electron chi connectivity index (χ1n) is 9.47. The van der Waals surface area contributed by atoms with Gasteiger partial charge in [0.2, 0.25) is 5.91 Å². The van der Waals surface area contributed by atoms with Crippen molar-refractivity contribution < 1.29 is 9.59 Å². The molecule has 0 aliphatic carbocycles. The minimum absolute atomic E-state index is 0.0460. The number of anilines is 1. The Morgan fingerprint density at radius 3 is 2.76 bits per heavy atom. The van der Waals surface area contributed by atoms with Gasteiger partial charge in [-0.25, -0.2) is 0 Å². The largest absolute Gasteiger partial charge is 0.340 e. The van der Waals surface area contributed by atoms with E-state index in [4.69, 9.17) is 0 Å². The van der Waals surface area contributed by atoms with Gasteiger partial charge in [-0.15, -0.1) is 10.2 Å². The molecule has 1 fully saturated rings. The molecule has 0 aromatic carbocycles. The summed E-state index contributed by atoms with van der Waals surface area (Å²) < 4.78 is 1.83. The first-order chi connectivity index (χ1) is 13.9. The van der Waals surface area contributed by atoms with Crippen molar-refractivity contribution in [1.82, 2.24) is 29.4 Å². The molecule has 1 saturated heterocycles. The van der Waals surface area contributed by atoms with Gasteiger partial charge >= 0.3 is 0 Å². The molecule has 0 bridgehead atoms. The number of nitrogens with zero attached hydrogens (tertiary/aromatic N) is 6. The summed E-state index contributed by atoms with van der Waals surface area (Å²) in [5.41, 5.74) is 2.67. The summed E-state index contributed by atoms with van der Waals surface area (Å²) in [6.45, 7) is 5.43. The number of hydrogen-bond acceptors (Lipinski definition) is 6. The minimum Gasteiger partial charge on any atom is -0.340 e. The number of piperazine rings is 1. The third-order valence-electron chi connectivity index (χ3n) is 5.24. The lowest BCUT2D eigenvalue weighted by Gasteiger charge is -2.38. The molecule has 0 saturated carbocycles. The second-order valence-electron chi connectivity index (χ2n) is 7.31. The van der Waals surface area contributed by atoms with Gasteiger partial charge in [0, 0.05) is 50.3 Å². The number of aromatic nitrogens is 4. The van der Waals surface area contributed by atoms with Crippen molar-refractivity contribution in [2.24, 2.45) is 0 Å². The second-order valence-corrected chi connectivity index (χ2v) is 7.31. The smallest absolute Gasteiger partial charge is 0.257 e. The third kappa shape index (κ3) is 3.81. The van der Waals surface area contributed by atoms with E-state index in [2.05, 4.69) is 25.4 Å². The molecule has 2 amide bonds. The second kappa shape index (κ2) is 7.59. The first-order valence-corrected chi connectivity index (χ1v) is 9.47. The number of fused-ring (bicyclic) bond motifs is 1. The summed E-state index contributed by atoms with van der Waals surface area (Å²) in [5.74, 6) is 0.534. The standard InChI is InChI=1S/C20H23N7O2/c1-13-10-16(6-7-21-13)22-20(29)15-4-5-18-23-24-19(27(18)11-15)17-12-26(14(2)28)9-8-25(17)3/h4-7,10-11,17H,8-9,12H2,1-3H3,(H,21,22,29). The van der Waals surface area contributed by atoms with Crippen LogP contribution in [0.1, 0.15) is 34.8 Å². The van der Waals surface area contributed by atoms with E-state index in [1.165, 1.54) is 0 Å². The Bertz CT molecular complexity index is 1080. The lowest BCUT2D eigenvalue weighted by molar-refractivity contribution is -0.131. The molecule has 29 heavy (non-hydrogen) atoms. The molecule has 4 heterocycles. The Labute approximate surface area is 168 Å². The van der Waals surface area contributed by atoms with Crippen molar-refractivity contribution in [3.05, 3.63) is 53.7 Å². The highest BCUT2D eigenvalue weighted by atomic mass is 16.2. The van der Waals surface area contributed by atoms with Gasteiger partial charge in [-0.2, -0.15) is 0 Å². The number of pyridine rings is 2. The number of hydrogen-bond donors (Lipinski definition) is 1. The molecule has 1 aliphatic heterocycles. The van der Waals surface area contributed by atoms with Crippen LogP contribution in [0, 0.1) is 6.92 Å². The van der Waals surface area contributed by atoms with Gasteiger partial charge in [-0.05, 0) is 38.2 Å². The van der Waals surface area contributed by atoms with Crippen LogP contribution in [0.25, 0.3) is 5.65 Å². The van der Waals surface area contributed by atoms with E-state index < -0.39 is 0 Å². The topological polar surface area (TPSA) is 95.7 Å². The third-order valence-corrected chi connectivity index (χ3v) is 5.24. The zero-order valence-corrected chi connectivity index (χ0v) is 16.7. The number of likely N-dealkylation sites (N-methyl/N-ethyl adjacent to an activating group) is 1. The number of aryl methyl sites for hydroxylation is 1. The van der Waals surface area contributed by atoms with E-state index in [0.29, 0.717) is 35.8 Å². The van der Waals surface area contributed by atoms with Gasteiger partial charge in [0.1, 0.15) is 0 Å². The fourth-order valence-electron chi connectivity index (χ4n) is 3.54. The Morgan fingerprint density at radius 1 is 1.17 bits per heavy atom. The summed E-state index contributed by atoms with van der Waals surface area (Å²) in [4.78, 5) is 32.7. The van der Waals surface area contributed by atoms with E-state index in [9.17, 15) is 9.59 Å². The predicted molar refractivity (Wildman–Crippen MR) is 108 cm³/mol. The van der Waals surface area contributed by atoms with Crippen LogP contribution in [-0.2, 0) is 4.79 Å². The van der Waals surface area contributed by atoms with Crippen LogP contribution in [0.15, 0.2) is 36.7 Å². The first kappa shape index (κ1) is 19.0. The average molecular weight is 393 g/mol. The Hall–Kier alpha value is -3.33. The van der Waals surface area contributed by atoms with E-state index in [0.717, 1.165) is 12.2 Å². The summed E-state index contributed by atoms with van der Waals surface area (Å²) in [6, 6.07) is 6.97. The molecule has 0 spiro atoms. The van der Waals surface area contributed by atoms with Crippen LogP contribution < -0.4 is 5.32 Å². The molecule has 1 unspecified atom stereocenters. The van der Waals surface area contributed by atoms with Crippen molar-refractivity contribution in [2.75, 3.05) is 32.0 Å². The molecule has 4 rings (SSSR count). The molecular weight excluding hydrogens is 370 g/mol. The molecule has 1 N–H and O–H groups in total. The summed E-state index contributed by atoms with van der Waals surface area (Å²) >= 11 is 0. The van der Waals surface area contributed by atoms with Gasteiger partial charge in [0.25, 0.3) is 5.91 Å². The van der Waals surface area contributed by atoms with E-state index in [1.54, 1.807) is 37.5 Å². The van der Waals surface area contributed by atoms with Gasteiger partial charge in [0.05, 0.1) is 11.6 Å². The van der Waals surface area contributed by atoms with Gasteiger partial charge in [0.15, 0.2) is 11.5 Å². The van der Waals surface area contributed by atoms with E-state index in [1.807, 2.05) is 29.3 Å². The Balaban J connectivity index is 1.64. The minimum atomic E-state index is -0.223. The highest BCUT2D eigenvalue weighted by Gasteiger charge is 2.30. The van der Waals surface area contributed by atoms with Gasteiger partial charge in [-0.3, -0.25) is 23.9 Å². The van der Waals surface area contributed by atoms with E-state index in [-0.39, 0.29) is 17.9 Å². The maximum atomic E-state index is 12.7. The fourth-order valence-corrected chi connectivity index (χ4v) is 3.54. The van der Waals surface area contributed by atoms with Crippen LogP contribution in [0.2, 0.25) is 0 Å². The Morgan fingerprint density at radius 2 is 2.00 bits per heavy atom. The molecule has 1 atom stereocenters. The number of carbonyl (C=O) groups excluding carboxylic acids is 2. The molecule has 3 aromatic rings. The number of rotatable bonds is 3. The maximum Gasteiger partial charge on any atom is 0.257 e. The normalized spacial score (nSPS) is 17.5. The highest BCUT2D eigenvalue weighted by molar-refractivity contribution is 6.04. The van der Waals surface area contributed by atoms with Crippen LogP contribution in [0.4, 0.5) is 5.69 Å². The SMILES string of the molecule is CC(=O)N1CCN(C)C(c2nnc3ccc(C(=O)Nc4ccnc(C)c4)cn23)C1. The predicted octanol–water partition coefficient (Wildman–Crippen LogP) is 1.52. The molecule has 1 aliphatic rings. The highest BCUT2D eigenvalue weighted by Crippen LogP contribution is 2.24. The lowest BCUT2D eigenvalue weighted by atomic mass is 10.1. The quantitative estimate of drug-likeness (QED) is 0.725. The van der Waals surface area contributed by atoms with Gasteiger partial charge in [-0.1, -0.05) is 0 Å². The van der Waals surface area contributed by atoms with Crippen molar-refractivity contribution in [3.8, 4) is 0 Å². The molecule has 9 heteroatoms. The van der Waals surface area contributed by atoms with Crippen LogP contribution >= 0.6 is 0 Å². The van der Waals surface area contributed by atoms with Crippen molar-refractivity contribution in [1.29, 1.82) is 0 Å². The van der Waals surface area contributed by atoms with E-state index >= 15 is 0 Å². The van der Waals surface area contributed by atoms with Crippen LogP contribution in [0.5, 0.6) is 0 Å². The molecule has 9 nitrogen and oxygen atoms in total. The van der Waals surface area contributed by atoms with Crippen molar-refractivity contribution >= 4 is 23.1 Å². The summed E-state index contributed by atoms with van der Waals surface area (Å²) in [6.07, 6.45) is 3.40. The zero-order valence-electron chi connectivity index (χ0n) is 16.7. The molecule has 3 aromatic heterocycles. The van der Waals surface area contributed by atoms with Crippen LogP contribution in [0.3, 0.4) is 0 Å². The molecule has 150 valence electrons. The number of carbonyl (C=O) groups is 2. The Kier molecular flexibility index (Phi) is 4.98. The number of nitrogens with one attached hydrogen (secondary N) is 1. The lowest BCUT2D eigenvalue weighted by Crippen LogP contribution is -2.48.